The van der Waals surface area contributed by atoms with E-state index in [-0.39, 0.29) is 17.9 Å². The molecule has 0 saturated carbocycles. The zero-order valence-electron chi connectivity index (χ0n) is 19.7. The summed E-state index contributed by atoms with van der Waals surface area (Å²) in [5.41, 5.74) is 1.20. The number of nitrogens with zero attached hydrogens (tertiary/aromatic N) is 1. The number of para-hydroxylation sites is 2. The van der Waals surface area contributed by atoms with Gasteiger partial charge in [-0.15, -0.1) is 0 Å². The predicted molar refractivity (Wildman–Crippen MR) is 138 cm³/mol. The Hall–Kier alpha value is -4.48. The average molecular weight is 506 g/mol. The summed E-state index contributed by atoms with van der Waals surface area (Å²) in [4.78, 5) is 25.1. The Balaban J connectivity index is 1.72. The second-order valence-electron chi connectivity index (χ2n) is 7.30. The van der Waals surface area contributed by atoms with Crippen LogP contribution in [0.5, 0.6) is 17.2 Å². The van der Waals surface area contributed by atoms with Crippen LogP contribution in [0.25, 0.3) is 6.08 Å². The number of halogens is 1. The van der Waals surface area contributed by atoms with Crippen molar-refractivity contribution >= 4 is 40.9 Å². The van der Waals surface area contributed by atoms with Gasteiger partial charge in [-0.25, -0.2) is 0 Å². The normalized spacial score (nSPS) is 10.7. The van der Waals surface area contributed by atoms with E-state index in [4.69, 9.17) is 25.8 Å². The first-order chi connectivity index (χ1) is 17.4. The lowest BCUT2D eigenvalue weighted by atomic mass is 10.1. The largest absolute Gasteiger partial charge is 0.495 e. The highest BCUT2D eigenvalue weighted by Gasteiger charge is 2.14. The van der Waals surface area contributed by atoms with Crippen LogP contribution >= 0.6 is 11.6 Å². The van der Waals surface area contributed by atoms with Crippen LogP contribution in [0.2, 0.25) is 5.02 Å². The standard InChI is InChI=1S/C27H24ClN3O5/c1-3-35-22-11-9-21(10-12-22)30-27(33)19(16-29)14-18-15-20(28)8-13-24(18)36-17-26(32)31-23-6-4-5-7-25(23)34-2/h4-15H,3,17H2,1-2H3,(H,30,33)(H,31,32)/b19-14+. The number of anilines is 2. The topological polar surface area (TPSA) is 110 Å². The molecule has 36 heavy (non-hydrogen) atoms. The molecule has 0 atom stereocenters. The number of nitriles is 1. The average Bonchev–Trinajstić information content (AvgIpc) is 2.88. The van der Waals surface area contributed by atoms with Crippen molar-refractivity contribution in [2.75, 3.05) is 31.0 Å². The van der Waals surface area contributed by atoms with Gasteiger partial charge in [-0.05, 0) is 67.6 Å². The molecule has 8 nitrogen and oxygen atoms in total. The maximum Gasteiger partial charge on any atom is 0.266 e. The molecular weight excluding hydrogens is 482 g/mol. The lowest BCUT2D eigenvalue weighted by Gasteiger charge is -2.12. The molecule has 0 fully saturated rings. The molecule has 184 valence electrons. The summed E-state index contributed by atoms with van der Waals surface area (Å²) in [7, 11) is 1.51. The van der Waals surface area contributed by atoms with Crippen molar-refractivity contribution in [2.24, 2.45) is 0 Å². The fraction of sp³-hybridized carbons (Fsp3) is 0.148. The van der Waals surface area contributed by atoms with Crippen LogP contribution in [-0.2, 0) is 9.59 Å². The Bertz CT molecular complexity index is 1300. The Morgan fingerprint density at radius 3 is 2.44 bits per heavy atom. The van der Waals surface area contributed by atoms with Crippen LogP contribution in [0.1, 0.15) is 12.5 Å². The van der Waals surface area contributed by atoms with E-state index in [9.17, 15) is 14.9 Å². The van der Waals surface area contributed by atoms with Crippen molar-refractivity contribution in [3.05, 3.63) is 82.9 Å². The summed E-state index contributed by atoms with van der Waals surface area (Å²) in [5, 5.41) is 15.4. The summed E-state index contributed by atoms with van der Waals surface area (Å²) in [6.07, 6.45) is 1.35. The number of amides is 2. The van der Waals surface area contributed by atoms with Crippen molar-refractivity contribution in [3.8, 4) is 23.3 Å². The summed E-state index contributed by atoms with van der Waals surface area (Å²) in [6.45, 7) is 2.08. The first-order valence-corrected chi connectivity index (χ1v) is 11.3. The molecule has 9 heteroatoms. The highest BCUT2D eigenvalue weighted by molar-refractivity contribution is 6.30. The number of rotatable bonds is 10. The third-order valence-electron chi connectivity index (χ3n) is 4.80. The van der Waals surface area contributed by atoms with Gasteiger partial charge < -0.3 is 24.8 Å². The van der Waals surface area contributed by atoms with E-state index in [0.29, 0.717) is 40.1 Å². The molecule has 2 N–H and O–H groups in total. The molecule has 0 aromatic heterocycles. The summed E-state index contributed by atoms with van der Waals surface area (Å²) in [5.74, 6) is 0.427. The van der Waals surface area contributed by atoms with Crippen molar-refractivity contribution in [1.29, 1.82) is 5.26 Å². The number of nitrogens with one attached hydrogen (secondary N) is 2. The molecule has 0 spiro atoms. The van der Waals surface area contributed by atoms with Gasteiger partial charge in [-0.3, -0.25) is 9.59 Å². The maximum absolute atomic E-state index is 12.7. The second kappa shape index (κ2) is 12.8. The molecule has 2 amide bonds. The van der Waals surface area contributed by atoms with E-state index in [1.807, 2.05) is 13.0 Å². The van der Waals surface area contributed by atoms with Gasteiger partial charge in [-0.2, -0.15) is 5.26 Å². The van der Waals surface area contributed by atoms with Crippen LogP contribution in [-0.4, -0.2) is 32.1 Å². The Labute approximate surface area is 214 Å². The highest BCUT2D eigenvalue weighted by Crippen LogP contribution is 2.27. The number of ether oxygens (including phenoxy) is 3. The lowest BCUT2D eigenvalue weighted by Crippen LogP contribution is -2.20. The smallest absolute Gasteiger partial charge is 0.266 e. The molecule has 3 rings (SSSR count). The van der Waals surface area contributed by atoms with Crippen LogP contribution < -0.4 is 24.8 Å². The first-order valence-electron chi connectivity index (χ1n) is 10.9. The van der Waals surface area contributed by atoms with Crippen molar-refractivity contribution in [1.82, 2.24) is 0 Å². The Morgan fingerprint density at radius 2 is 1.75 bits per heavy atom. The molecular formula is C27H24ClN3O5. The fourth-order valence-electron chi connectivity index (χ4n) is 3.14. The van der Waals surface area contributed by atoms with E-state index in [0.717, 1.165) is 0 Å². The van der Waals surface area contributed by atoms with Gasteiger partial charge in [0.1, 0.15) is 28.9 Å². The van der Waals surface area contributed by atoms with E-state index < -0.39 is 11.8 Å². The van der Waals surface area contributed by atoms with Gasteiger partial charge in [0.25, 0.3) is 11.8 Å². The lowest BCUT2D eigenvalue weighted by molar-refractivity contribution is -0.118. The van der Waals surface area contributed by atoms with Gasteiger partial charge in [0, 0.05) is 16.3 Å². The van der Waals surface area contributed by atoms with Crippen LogP contribution in [0.4, 0.5) is 11.4 Å². The van der Waals surface area contributed by atoms with Gasteiger partial charge in [0.05, 0.1) is 19.4 Å². The summed E-state index contributed by atoms with van der Waals surface area (Å²) in [6, 6.07) is 20.3. The number of methoxy groups -OCH3 is 1. The van der Waals surface area contributed by atoms with Gasteiger partial charge >= 0.3 is 0 Å². The summed E-state index contributed by atoms with van der Waals surface area (Å²) >= 11 is 6.12. The van der Waals surface area contributed by atoms with E-state index in [2.05, 4.69) is 10.6 Å². The molecule has 0 unspecified atom stereocenters. The minimum Gasteiger partial charge on any atom is -0.495 e. The first kappa shape index (κ1) is 26.1. The molecule has 0 saturated heterocycles. The third-order valence-corrected chi connectivity index (χ3v) is 5.03. The maximum atomic E-state index is 12.7. The van der Waals surface area contributed by atoms with Gasteiger partial charge in [0.2, 0.25) is 0 Å². The molecule has 0 aliphatic carbocycles. The number of carbonyl (C=O) groups excluding carboxylic acids is 2. The minimum atomic E-state index is -0.610. The van der Waals surface area contributed by atoms with Crippen molar-refractivity contribution in [3.63, 3.8) is 0 Å². The van der Waals surface area contributed by atoms with Gasteiger partial charge in [-0.1, -0.05) is 23.7 Å². The number of hydrogen-bond donors (Lipinski definition) is 2. The zero-order chi connectivity index (χ0) is 25.9. The molecule has 0 aliphatic rings. The SMILES string of the molecule is CCOc1ccc(NC(=O)/C(C#N)=C/c2cc(Cl)ccc2OCC(=O)Nc2ccccc2OC)cc1. The van der Waals surface area contributed by atoms with Crippen molar-refractivity contribution < 1.29 is 23.8 Å². The van der Waals surface area contributed by atoms with E-state index in [1.54, 1.807) is 60.7 Å². The van der Waals surface area contributed by atoms with Crippen molar-refractivity contribution in [2.45, 2.75) is 6.92 Å². The second-order valence-corrected chi connectivity index (χ2v) is 7.74. The zero-order valence-corrected chi connectivity index (χ0v) is 20.5. The van der Waals surface area contributed by atoms with E-state index in [1.165, 1.54) is 19.3 Å². The van der Waals surface area contributed by atoms with Crippen LogP contribution in [0.3, 0.4) is 0 Å². The summed E-state index contributed by atoms with van der Waals surface area (Å²) < 4.78 is 16.3. The Morgan fingerprint density at radius 1 is 1.00 bits per heavy atom. The van der Waals surface area contributed by atoms with Gasteiger partial charge in [0.15, 0.2) is 6.61 Å². The number of carbonyl (C=O) groups is 2. The molecule has 0 heterocycles. The minimum absolute atomic E-state index is 0.172. The molecule has 0 bridgehead atoms. The van der Waals surface area contributed by atoms with Crippen LogP contribution in [0, 0.1) is 11.3 Å². The number of benzene rings is 3. The molecule has 0 radical (unpaired) electrons. The highest BCUT2D eigenvalue weighted by atomic mass is 35.5. The van der Waals surface area contributed by atoms with Crippen LogP contribution in [0.15, 0.2) is 72.3 Å². The molecule has 0 aliphatic heterocycles. The van der Waals surface area contributed by atoms with E-state index >= 15 is 0 Å². The fourth-order valence-corrected chi connectivity index (χ4v) is 3.33. The molecule has 3 aromatic carbocycles. The third kappa shape index (κ3) is 7.26. The monoisotopic (exact) mass is 505 g/mol. The molecule has 3 aromatic rings. The quantitative estimate of drug-likeness (QED) is 0.285. The predicted octanol–water partition coefficient (Wildman–Crippen LogP) is 5.31. The number of hydrogen-bond acceptors (Lipinski definition) is 6. The Kier molecular flexibility index (Phi) is 9.32.